The predicted molar refractivity (Wildman–Crippen MR) is 88.3 cm³/mol. The zero-order valence-corrected chi connectivity index (χ0v) is 13.7. The molecule has 3 N–H and O–H groups in total. The molecule has 124 valence electrons. The summed E-state index contributed by atoms with van der Waals surface area (Å²) in [5.41, 5.74) is 4.36. The number of nitrogens with zero attached hydrogens (tertiary/aromatic N) is 1. The summed E-state index contributed by atoms with van der Waals surface area (Å²) in [7, 11) is 0. The first-order valence-corrected chi connectivity index (χ1v) is 7.69. The average molecular weight is 317 g/mol. The lowest BCUT2D eigenvalue weighted by Gasteiger charge is -2.12. The minimum atomic E-state index is -0.708. The Morgan fingerprint density at radius 2 is 2.22 bits per heavy atom. The van der Waals surface area contributed by atoms with Crippen LogP contribution in [0.4, 0.5) is 0 Å². The maximum absolute atomic E-state index is 12.2. The standard InChI is InChI=1S/C17H23N3O3/c1-4-23-10-15(21)9-18-17(22)14-7-5-6-13(8-14)16-11(2)19-20-12(16)3/h5-8,15,21H,4,9-10H2,1-3H3,(H,18,22)(H,19,20)/t15-/m0/s1. The summed E-state index contributed by atoms with van der Waals surface area (Å²) in [6.07, 6.45) is -0.708. The third-order valence-corrected chi connectivity index (χ3v) is 3.55. The lowest BCUT2D eigenvalue weighted by Crippen LogP contribution is -2.34. The van der Waals surface area contributed by atoms with Crippen LogP contribution in [0.5, 0.6) is 0 Å². The van der Waals surface area contributed by atoms with Gasteiger partial charge in [-0.1, -0.05) is 12.1 Å². The number of carbonyl (C=O) groups is 1. The van der Waals surface area contributed by atoms with E-state index in [9.17, 15) is 9.90 Å². The molecule has 2 rings (SSSR count). The molecule has 2 aromatic rings. The number of benzene rings is 1. The van der Waals surface area contributed by atoms with Gasteiger partial charge in [-0.2, -0.15) is 5.10 Å². The summed E-state index contributed by atoms with van der Waals surface area (Å²) in [6.45, 7) is 6.64. The summed E-state index contributed by atoms with van der Waals surface area (Å²) >= 11 is 0. The third kappa shape index (κ3) is 4.40. The summed E-state index contributed by atoms with van der Waals surface area (Å²) in [4.78, 5) is 12.2. The quantitative estimate of drug-likeness (QED) is 0.727. The second-order valence-electron chi connectivity index (χ2n) is 5.41. The molecule has 0 saturated carbocycles. The molecule has 0 bridgehead atoms. The van der Waals surface area contributed by atoms with Crippen LogP contribution in [0.15, 0.2) is 24.3 Å². The molecular weight excluding hydrogens is 294 g/mol. The molecule has 23 heavy (non-hydrogen) atoms. The van der Waals surface area contributed by atoms with E-state index in [1.54, 1.807) is 6.07 Å². The van der Waals surface area contributed by atoms with Gasteiger partial charge in [0.25, 0.3) is 5.91 Å². The molecule has 6 nitrogen and oxygen atoms in total. The van der Waals surface area contributed by atoms with Gasteiger partial charge < -0.3 is 15.2 Å². The van der Waals surface area contributed by atoms with Crippen LogP contribution in [0.25, 0.3) is 11.1 Å². The summed E-state index contributed by atoms with van der Waals surface area (Å²) < 4.78 is 5.12. The molecule has 0 radical (unpaired) electrons. The Labute approximate surface area is 135 Å². The second kappa shape index (κ2) is 7.89. The van der Waals surface area contributed by atoms with Gasteiger partial charge in [-0.05, 0) is 38.5 Å². The third-order valence-electron chi connectivity index (χ3n) is 3.55. The highest BCUT2D eigenvalue weighted by molar-refractivity contribution is 5.95. The van der Waals surface area contributed by atoms with Crippen molar-refractivity contribution in [1.29, 1.82) is 0 Å². The maximum Gasteiger partial charge on any atom is 0.251 e. The number of aromatic amines is 1. The number of H-pyrrole nitrogens is 1. The van der Waals surface area contributed by atoms with Gasteiger partial charge in [0.1, 0.15) is 0 Å². The van der Waals surface area contributed by atoms with Crippen LogP contribution in [-0.4, -0.2) is 47.1 Å². The Hall–Kier alpha value is -2.18. The predicted octanol–water partition coefficient (Wildman–Crippen LogP) is 1.82. The van der Waals surface area contributed by atoms with Gasteiger partial charge in [-0.25, -0.2) is 0 Å². The van der Waals surface area contributed by atoms with Crippen LogP contribution in [0.3, 0.4) is 0 Å². The number of rotatable bonds is 7. The van der Waals surface area contributed by atoms with Gasteiger partial charge in [-0.3, -0.25) is 9.89 Å². The Kier molecular flexibility index (Phi) is 5.90. The second-order valence-corrected chi connectivity index (χ2v) is 5.41. The highest BCUT2D eigenvalue weighted by atomic mass is 16.5. The molecule has 1 heterocycles. The summed E-state index contributed by atoms with van der Waals surface area (Å²) in [5.74, 6) is -0.221. The Morgan fingerprint density at radius 1 is 1.43 bits per heavy atom. The maximum atomic E-state index is 12.2. The molecule has 0 aliphatic heterocycles. The topological polar surface area (TPSA) is 87.2 Å². The molecule has 1 amide bonds. The van der Waals surface area contributed by atoms with Crippen molar-refractivity contribution in [2.75, 3.05) is 19.8 Å². The first-order valence-electron chi connectivity index (χ1n) is 7.69. The number of ether oxygens (including phenoxy) is 1. The fourth-order valence-electron chi connectivity index (χ4n) is 2.42. The molecule has 0 aliphatic carbocycles. The molecule has 1 aromatic carbocycles. The molecule has 0 unspecified atom stereocenters. The number of aryl methyl sites for hydroxylation is 2. The minimum Gasteiger partial charge on any atom is -0.389 e. The van der Waals surface area contributed by atoms with E-state index in [1.165, 1.54) is 0 Å². The SMILES string of the molecule is CCOC[C@@H](O)CNC(=O)c1cccc(-c2c(C)n[nH]c2C)c1. The van der Waals surface area contributed by atoms with Crippen LogP contribution in [0.1, 0.15) is 28.7 Å². The summed E-state index contributed by atoms with van der Waals surface area (Å²) in [5, 5.41) is 19.5. The first-order chi connectivity index (χ1) is 11.0. The van der Waals surface area contributed by atoms with Crippen LogP contribution in [-0.2, 0) is 4.74 Å². The van der Waals surface area contributed by atoms with Crippen molar-refractivity contribution in [2.45, 2.75) is 26.9 Å². The molecule has 0 aliphatic rings. The van der Waals surface area contributed by atoms with Crippen molar-refractivity contribution >= 4 is 5.91 Å². The molecule has 6 heteroatoms. The fraction of sp³-hybridized carbons (Fsp3) is 0.412. The van der Waals surface area contributed by atoms with E-state index in [1.807, 2.05) is 39.0 Å². The fourth-order valence-corrected chi connectivity index (χ4v) is 2.42. The smallest absolute Gasteiger partial charge is 0.251 e. The highest BCUT2D eigenvalue weighted by Gasteiger charge is 2.13. The van der Waals surface area contributed by atoms with Crippen molar-refractivity contribution in [2.24, 2.45) is 0 Å². The molecular formula is C17H23N3O3. The lowest BCUT2D eigenvalue weighted by molar-refractivity contribution is 0.0418. The number of nitrogens with one attached hydrogen (secondary N) is 2. The Bertz CT molecular complexity index is 647. The van der Waals surface area contributed by atoms with Crippen molar-refractivity contribution in [3.63, 3.8) is 0 Å². The molecule has 0 saturated heterocycles. The number of hydrogen-bond acceptors (Lipinski definition) is 4. The molecule has 0 fully saturated rings. The van der Waals surface area contributed by atoms with E-state index in [0.29, 0.717) is 12.2 Å². The van der Waals surface area contributed by atoms with E-state index in [2.05, 4.69) is 15.5 Å². The van der Waals surface area contributed by atoms with E-state index in [-0.39, 0.29) is 19.1 Å². The van der Waals surface area contributed by atoms with Crippen molar-refractivity contribution in [3.8, 4) is 11.1 Å². The number of aliphatic hydroxyl groups excluding tert-OH is 1. The highest BCUT2D eigenvalue weighted by Crippen LogP contribution is 2.25. The lowest BCUT2D eigenvalue weighted by atomic mass is 10.0. The van der Waals surface area contributed by atoms with E-state index < -0.39 is 6.10 Å². The van der Waals surface area contributed by atoms with Crippen LogP contribution < -0.4 is 5.32 Å². The van der Waals surface area contributed by atoms with Crippen LogP contribution >= 0.6 is 0 Å². The largest absolute Gasteiger partial charge is 0.389 e. The monoisotopic (exact) mass is 317 g/mol. The Morgan fingerprint density at radius 3 is 2.87 bits per heavy atom. The van der Waals surface area contributed by atoms with Crippen LogP contribution in [0.2, 0.25) is 0 Å². The van der Waals surface area contributed by atoms with E-state index >= 15 is 0 Å². The first kappa shape index (κ1) is 17.2. The number of aliphatic hydroxyl groups is 1. The van der Waals surface area contributed by atoms with Crippen LogP contribution in [0, 0.1) is 13.8 Å². The van der Waals surface area contributed by atoms with Gasteiger partial charge in [0.2, 0.25) is 0 Å². The zero-order chi connectivity index (χ0) is 16.8. The van der Waals surface area contributed by atoms with Gasteiger partial charge >= 0.3 is 0 Å². The van der Waals surface area contributed by atoms with Gasteiger partial charge in [0.15, 0.2) is 0 Å². The minimum absolute atomic E-state index is 0.160. The van der Waals surface area contributed by atoms with Gasteiger partial charge in [0, 0.05) is 30.0 Å². The molecule has 0 spiro atoms. The summed E-state index contributed by atoms with van der Waals surface area (Å²) in [6, 6.07) is 7.37. The van der Waals surface area contributed by atoms with Gasteiger partial charge in [0.05, 0.1) is 18.4 Å². The van der Waals surface area contributed by atoms with Crippen molar-refractivity contribution in [3.05, 3.63) is 41.2 Å². The average Bonchev–Trinajstić information content (AvgIpc) is 2.89. The molecule has 1 aromatic heterocycles. The number of carbonyl (C=O) groups excluding carboxylic acids is 1. The van der Waals surface area contributed by atoms with Crippen molar-refractivity contribution in [1.82, 2.24) is 15.5 Å². The van der Waals surface area contributed by atoms with Crippen molar-refractivity contribution < 1.29 is 14.6 Å². The normalized spacial score (nSPS) is 12.2. The Balaban J connectivity index is 2.06. The van der Waals surface area contributed by atoms with E-state index in [0.717, 1.165) is 22.5 Å². The van der Waals surface area contributed by atoms with Gasteiger partial charge in [-0.15, -0.1) is 0 Å². The molecule has 1 atom stereocenters. The zero-order valence-electron chi connectivity index (χ0n) is 13.7. The number of amides is 1. The van der Waals surface area contributed by atoms with E-state index in [4.69, 9.17) is 4.74 Å². The number of aromatic nitrogens is 2. The number of hydrogen-bond donors (Lipinski definition) is 3.